The fraction of sp³-hybridized carbons (Fsp3) is 0.533. The van der Waals surface area contributed by atoms with Gasteiger partial charge < -0.3 is 10.1 Å². The van der Waals surface area contributed by atoms with Crippen molar-refractivity contribution in [1.82, 2.24) is 5.32 Å². The van der Waals surface area contributed by atoms with Gasteiger partial charge in [-0.15, -0.1) is 0 Å². The lowest BCUT2D eigenvalue weighted by atomic mass is 10.0. The van der Waals surface area contributed by atoms with Crippen molar-refractivity contribution in [3.05, 3.63) is 29.3 Å². The maximum Gasteiger partial charge on any atom is 0.120 e. The van der Waals surface area contributed by atoms with E-state index in [2.05, 4.69) is 37.4 Å². The van der Waals surface area contributed by atoms with E-state index in [4.69, 9.17) is 4.74 Å². The van der Waals surface area contributed by atoms with Gasteiger partial charge in [0.15, 0.2) is 0 Å². The van der Waals surface area contributed by atoms with Crippen LogP contribution in [0.15, 0.2) is 18.2 Å². The number of nitrogens with zero attached hydrogens (tertiary/aromatic N) is 1. The number of rotatable bonds is 3. The standard InChI is InChI=1S/C15H20N2O/c1-11-4-5-13(8-12(11)2)18-14-6-7-15(9-14,10-16)17-3/h4-5,8,14,17H,6-7,9H2,1-3H3. The first kappa shape index (κ1) is 12.9. The SMILES string of the molecule is CNC1(C#N)CCC(Oc2ccc(C)c(C)c2)C1. The third-order valence-electron chi connectivity index (χ3n) is 3.94. The van der Waals surface area contributed by atoms with E-state index in [-0.39, 0.29) is 6.10 Å². The Bertz CT molecular complexity index is 478. The molecule has 0 heterocycles. The van der Waals surface area contributed by atoms with E-state index in [0.29, 0.717) is 0 Å². The van der Waals surface area contributed by atoms with Gasteiger partial charge in [0.25, 0.3) is 0 Å². The number of aryl methyl sites for hydroxylation is 2. The molecule has 18 heavy (non-hydrogen) atoms. The van der Waals surface area contributed by atoms with Gasteiger partial charge >= 0.3 is 0 Å². The van der Waals surface area contributed by atoms with Crippen molar-refractivity contribution >= 4 is 0 Å². The lowest BCUT2D eigenvalue weighted by Gasteiger charge is -2.20. The minimum absolute atomic E-state index is 0.138. The smallest absolute Gasteiger partial charge is 0.120 e. The maximum atomic E-state index is 9.21. The Labute approximate surface area is 109 Å². The van der Waals surface area contributed by atoms with Crippen molar-refractivity contribution in [3.8, 4) is 11.8 Å². The summed E-state index contributed by atoms with van der Waals surface area (Å²) in [6.07, 6.45) is 2.68. The van der Waals surface area contributed by atoms with Crippen LogP contribution in [0.4, 0.5) is 0 Å². The van der Waals surface area contributed by atoms with E-state index in [0.717, 1.165) is 25.0 Å². The second-order valence-corrected chi connectivity index (χ2v) is 5.17. The lowest BCUT2D eigenvalue weighted by molar-refractivity contribution is 0.202. The van der Waals surface area contributed by atoms with Crippen molar-refractivity contribution in [3.63, 3.8) is 0 Å². The van der Waals surface area contributed by atoms with Gasteiger partial charge in [0.05, 0.1) is 6.07 Å². The summed E-state index contributed by atoms with van der Waals surface area (Å²) in [4.78, 5) is 0. The molecule has 1 aromatic carbocycles. The Hall–Kier alpha value is -1.53. The summed E-state index contributed by atoms with van der Waals surface area (Å²) >= 11 is 0. The Morgan fingerprint density at radius 3 is 2.72 bits per heavy atom. The van der Waals surface area contributed by atoms with Crippen LogP contribution >= 0.6 is 0 Å². The quantitative estimate of drug-likeness (QED) is 0.889. The van der Waals surface area contributed by atoms with Crippen LogP contribution in [-0.4, -0.2) is 18.7 Å². The van der Waals surface area contributed by atoms with Crippen molar-refractivity contribution < 1.29 is 4.74 Å². The summed E-state index contributed by atoms with van der Waals surface area (Å²) in [6, 6.07) is 8.53. The Morgan fingerprint density at radius 2 is 2.17 bits per heavy atom. The van der Waals surface area contributed by atoms with Gasteiger partial charge in [0.2, 0.25) is 0 Å². The van der Waals surface area contributed by atoms with Gasteiger partial charge in [-0.05, 0) is 57.0 Å². The van der Waals surface area contributed by atoms with Crippen molar-refractivity contribution in [1.29, 1.82) is 5.26 Å². The van der Waals surface area contributed by atoms with Gasteiger partial charge in [-0.2, -0.15) is 5.26 Å². The highest BCUT2D eigenvalue weighted by atomic mass is 16.5. The molecule has 2 unspecified atom stereocenters. The third-order valence-corrected chi connectivity index (χ3v) is 3.94. The second-order valence-electron chi connectivity index (χ2n) is 5.17. The number of ether oxygens (including phenoxy) is 1. The average Bonchev–Trinajstić information content (AvgIpc) is 2.78. The summed E-state index contributed by atoms with van der Waals surface area (Å²) < 4.78 is 5.98. The summed E-state index contributed by atoms with van der Waals surface area (Å²) in [6.45, 7) is 4.18. The molecule has 1 saturated carbocycles. The molecule has 0 bridgehead atoms. The second kappa shape index (κ2) is 4.99. The molecule has 0 aromatic heterocycles. The fourth-order valence-corrected chi connectivity index (χ4v) is 2.46. The van der Waals surface area contributed by atoms with Gasteiger partial charge in [0, 0.05) is 6.42 Å². The molecule has 0 saturated heterocycles. The van der Waals surface area contributed by atoms with E-state index < -0.39 is 5.54 Å². The minimum atomic E-state index is -0.398. The number of hydrogen-bond donors (Lipinski definition) is 1. The molecule has 0 spiro atoms. The summed E-state index contributed by atoms with van der Waals surface area (Å²) in [5, 5.41) is 12.3. The van der Waals surface area contributed by atoms with E-state index in [9.17, 15) is 5.26 Å². The van der Waals surface area contributed by atoms with Crippen LogP contribution in [-0.2, 0) is 0 Å². The summed E-state index contributed by atoms with van der Waals surface area (Å²) in [5.41, 5.74) is 2.12. The minimum Gasteiger partial charge on any atom is -0.490 e. The highest BCUT2D eigenvalue weighted by molar-refractivity contribution is 5.34. The molecule has 0 aliphatic heterocycles. The number of benzene rings is 1. The van der Waals surface area contributed by atoms with Crippen LogP contribution in [0.2, 0.25) is 0 Å². The lowest BCUT2D eigenvalue weighted by Crippen LogP contribution is -2.39. The van der Waals surface area contributed by atoms with Crippen LogP contribution < -0.4 is 10.1 Å². The van der Waals surface area contributed by atoms with Gasteiger partial charge in [-0.1, -0.05) is 6.07 Å². The van der Waals surface area contributed by atoms with Crippen molar-refractivity contribution in [2.75, 3.05) is 7.05 Å². The van der Waals surface area contributed by atoms with E-state index in [1.165, 1.54) is 11.1 Å². The van der Waals surface area contributed by atoms with Gasteiger partial charge in [-0.25, -0.2) is 0 Å². The molecule has 1 N–H and O–H groups in total. The summed E-state index contributed by atoms with van der Waals surface area (Å²) in [5.74, 6) is 0.910. The Kier molecular flexibility index (Phi) is 3.58. The fourth-order valence-electron chi connectivity index (χ4n) is 2.46. The molecule has 1 aliphatic rings. The highest BCUT2D eigenvalue weighted by Gasteiger charge is 2.39. The first-order valence-corrected chi connectivity index (χ1v) is 6.43. The predicted molar refractivity (Wildman–Crippen MR) is 71.6 cm³/mol. The molecule has 2 atom stereocenters. The first-order valence-electron chi connectivity index (χ1n) is 6.43. The third kappa shape index (κ3) is 2.49. The molecule has 3 heteroatoms. The molecule has 1 aromatic rings. The zero-order valence-corrected chi connectivity index (χ0v) is 11.3. The predicted octanol–water partition coefficient (Wildman–Crippen LogP) is 2.72. The van der Waals surface area contributed by atoms with Crippen LogP contribution in [0.5, 0.6) is 5.75 Å². The summed E-state index contributed by atoms with van der Waals surface area (Å²) in [7, 11) is 1.85. The number of nitrogens with one attached hydrogen (secondary N) is 1. The van der Waals surface area contributed by atoms with Crippen molar-refractivity contribution in [2.45, 2.75) is 44.8 Å². The van der Waals surface area contributed by atoms with E-state index in [1.807, 2.05) is 13.1 Å². The maximum absolute atomic E-state index is 9.21. The number of nitriles is 1. The van der Waals surface area contributed by atoms with Crippen LogP contribution in [0.25, 0.3) is 0 Å². The van der Waals surface area contributed by atoms with Crippen LogP contribution in [0.1, 0.15) is 30.4 Å². The molecule has 0 amide bonds. The Balaban J connectivity index is 2.04. The molecule has 1 aliphatic carbocycles. The molecule has 0 radical (unpaired) electrons. The van der Waals surface area contributed by atoms with Crippen LogP contribution in [0.3, 0.4) is 0 Å². The average molecular weight is 244 g/mol. The zero-order chi connectivity index (χ0) is 13.2. The molecular formula is C15H20N2O. The Morgan fingerprint density at radius 1 is 1.39 bits per heavy atom. The van der Waals surface area contributed by atoms with Crippen LogP contribution in [0, 0.1) is 25.2 Å². The molecule has 2 rings (SSSR count). The topological polar surface area (TPSA) is 45.0 Å². The normalized spacial score (nSPS) is 26.9. The number of hydrogen-bond acceptors (Lipinski definition) is 3. The highest BCUT2D eigenvalue weighted by Crippen LogP contribution is 2.32. The largest absolute Gasteiger partial charge is 0.490 e. The molecular weight excluding hydrogens is 224 g/mol. The van der Waals surface area contributed by atoms with Gasteiger partial charge in [-0.3, -0.25) is 0 Å². The van der Waals surface area contributed by atoms with Gasteiger partial charge in [0.1, 0.15) is 17.4 Å². The zero-order valence-electron chi connectivity index (χ0n) is 11.3. The van der Waals surface area contributed by atoms with E-state index >= 15 is 0 Å². The van der Waals surface area contributed by atoms with E-state index in [1.54, 1.807) is 0 Å². The molecule has 1 fully saturated rings. The molecule has 96 valence electrons. The van der Waals surface area contributed by atoms with Crippen molar-refractivity contribution in [2.24, 2.45) is 0 Å². The monoisotopic (exact) mass is 244 g/mol. The first-order chi connectivity index (χ1) is 8.58. The molecule has 3 nitrogen and oxygen atoms in total.